The lowest BCUT2D eigenvalue weighted by Crippen LogP contribution is -1.82. The summed E-state index contributed by atoms with van der Waals surface area (Å²) in [6, 6.07) is 20.0. The fraction of sp³-hybridized carbons (Fsp3) is 0. The summed E-state index contributed by atoms with van der Waals surface area (Å²) in [6.45, 7) is 0. The van der Waals surface area contributed by atoms with Crippen molar-refractivity contribution in [3.63, 3.8) is 0 Å². The molecule has 0 fully saturated rings. The minimum absolute atomic E-state index is 0.378. The Bertz CT molecular complexity index is 1050. The summed E-state index contributed by atoms with van der Waals surface area (Å²) in [7, 11) is 0. The van der Waals surface area contributed by atoms with E-state index in [9.17, 15) is 10.5 Å². The molecule has 25 heavy (non-hydrogen) atoms. The van der Waals surface area contributed by atoms with Crippen molar-refractivity contribution in [1.82, 2.24) is 0 Å². The van der Waals surface area contributed by atoms with Crippen LogP contribution in [0, 0.1) is 22.7 Å². The first kappa shape index (κ1) is 16.9. The van der Waals surface area contributed by atoms with Crippen LogP contribution in [0.2, 0.25) is 10.0 Å². The van der Waals surface area contributed by atoms with Gasteiger partial charge in [-0.3, -0.25) is 0 Å². The lowest BCUT2D eigenvalue weighted by atomic mass is 10.1. The van der Waals surface area contributed by atoms with E-state index >= 15 is 0 Å². The largest absolute Gasteiger partial charge is 0.457 e. The SMILES string of the molecule is N#C/C(=C/c1ccc(-c2ccccc2C#N)o1)c1ccc(Cl)c(Cl)c1. The fourth-order valence-electron chi connectivity index (χ4n) is 2.36. The first-order chi connectivity index (χ1) is 12.1. The van der Waals surface area contributed by atoms with E-state index in [0.717, 1.165) is 0 Å². The molecular weight excluding hydrogens is 355 g/mol. The summed E-state index contributed by atoms with van der Waals surface area (Å²) in [4.78, 5) is 0. The smallest absolute Gasteiger partial charge is 0.136 e. The third kappa shape index (κ3) is 3.59. The van der Waals surface area contributed by atoms with Crippen molar-refractivity contribution in [1.29, 1.82) is 10.5 Å². The number of nitrogens with zero attached hydrogens (tertiary/aromatic N) is 2. The van der Waals surface area contributed by atoms with Gasteiger partial charge in [-0.15, -0.1) is 0 Å². The van der Waals surface area contributed by atoms with Crippen LogP contribution in [0.5, 0.6) is 0 Å². The highest BCUT2D eigenvalue weighted by Gasteiger charge is 2.10. The third-order valence-electron chi connectivity index (χ3n) is 3.58. The molecule has 0 saturated heterocycles. The molecule has 0 aliphatic rings. The summed E-state index contributed by atoms with van der Waals surface area (Å²) < 4.78 is 5.78. The molecule has 0 radical (unpaired) electrons. The summed E-state index contributed by atoms with van der Waals surface area (Å²) in [5, 5.41) is 19.4. The van der Waals surface area contributed by atoms with Gasteiger partial charge >= 0.3 is 0 Å². The molecule has 1 aromatic heterocycles. The van der Waals surface area contributed by atoms with Crippen LogP contribution in [0.3, 0.4) is 0 Å². The van der Waals surface area contributed by atoms with Crippen LogP contribution in [-0.2, 0) is 0 Å². The Morgan fingerprint density at radius 3 is 2.48 bits per heavy atom. The highest BCUT2D eigenvalue weighted by Crippen LogP contribution is 2.29. The van der Waals surface area contributed by atoms with E-state index < -0.39 is 0 Å². The highest BCUT2D eigenvalue weighted by atomic mass is 35.5. The Morgan fingerprint density at radius 2 is 1.76 bits per heavy atom. The predicted octanol–water partition coefficient (Wildman–Crippen LogP) is 6.19. The van der Waals surface area contributed by atoms with Crippen LogP contribution in [0.4, 0.5) is 0 Å². The van der Waals surface area contributed by atoms with E-state index in [1.165, 1.54) is 0 Å². The van der Waals surface area contributed by atoms with Crippen LogP contribution in [0.15, 0.2) is 59.0 Å². The zero-order chi connectivity index (χ0) is 17.8. The van der Waals surface area contributed by atoms with Gasteiger partial charge in [-0.2, -0.15) is 10.5 Å². The Labute approximate surface area is 155 Å². The van der Waals surface area contributed by atoms with Gasteiger partial charge in [-0.25, -0.2) is 0 Å². The molecule has 0 unspecified atom stereocenters. The quantitative estimate of drug-likeness (QED) is 0.520. The molecule has 0 aliphatic carbocycles. The molecule has 0 aliphatic heterocycles. The Balaban J connectivity index is 1.99. The molecule has 5 heteroatoms. The Kier molecular flexibility index (Phi) is 4.91. The number of benzene rings is 2. The van der Waals surface area contributed by atoms with Crippen molar-refractivity contribution in [2.24, 2.45) is 0 Å². The molecule has 0 bridgehead atoms. The maximum absolute atomic E-state index is 9.43. The Morgan fingerprint density at radius 1 is 0.960 bits per heavy atom. The van der Waals surface area contributed by atoms with Crippen molar-refractivity contribution < 1.29 is 4.42 Å². The number of halogens is 2. The summed E-state index contributed by atoms with van der Waals surface area (Å²) in [5.74, 6) is 1.07. The second kappa shape index (κ2) is 7.28. The van der Waals surface area contributed by atoms with Crippen LogP contribution in [0.25, 0.3) is 23.0 Å². The molecule has 3 rings (SSSR count). The minimum atomic E-state index is 0.378. The zero-order valence-corrected chi connectivity index (χ0v) is 14.3. The minimum Gasteiger partial charge on any atom is -0.457 e. The normalized spacial score (nSPS) is 11.0. The predicted molar refractivity (Wildman–Crippen MR) is 98.8 cm³/mol. The molecule has 0 amide bonds. The van der Waals surface area contributed by atoms with Crippen LogP contribution in [0.1, 0.15) is 16.9 Å². The molecule has 0 atom stereocenters. The number of allylic oxidation sites excluding steroid dienone is 1. The van der Waals surface area contributed by atoms with E-state index in [-0.39, 0.29) is 0 Å². The first-order valence-electron chi connectivity index (χ1n) is 7.29. The van der Waals surface area contributed by atoms with Crippen molar-refractivity contribution in [2.45, 2.75) is 0 Å². The van der Waals surface area contributed by atoms with Crippen molar-refractivity contribution >= 4 is 34.9 Å². The van der Waals surface area contributed by atoms with E-state index in [0.29, 0.717) is 43.8 Å². The van der Waals surface area contributed by atoms with E-state index in [2.05, 4.69) is 12.1 Å². The molecule has 2 aromatic carbocycles. The molecule has 0 saturated carbocycles. The number of nitriles is 2. The average Bonchev–Trinajstić information content (AvgIpc) is 3.10. The number of hydrogen-bond donors (Lipinski definition) is 0. The maximum atomic E-state index is 9.43. The topological polar surface area (TPSA) is 60.7 Å². The van der Waals surface area contributed by atoms with Gasteiger partial charge in [0.25, 0.3) is 0 Å². The highest BCUT2D eigenvalue weighted by molar-refractivity contribution is 6.42. The average molecular weight is 365 g/mol. The first-order valence-corrected chi connectivity index (χ1v) is 8.04. The van der Waals surface area contributed by atoms with Gasteiger partial charge in [0.2, 0.25) is 0 Å². The Hall–Kier alpha value is -2.98. The van der Waals surface area contributed by atoms with Crippen molar-refractivity contribution in [3.05, 3.63) is 81.5 Å². The van der Waals surface area contributed by atoms with E-state index in [1.54, 1.807) is 48.5 Å². The van der Waals surface area contributed by atoms with E-state index in [4.69, 9.17) is 27.6 Å². The molecule has 3 aromatic rings. The standard InChI is InChI=1S/C20H10Cl2N2O/c21-18-7-5-13(10-19(18)22)15(12-24)9-16-6-8-20(25-16)17-4-2-1-3-14(17)11-23/h1-10H/b15-9-. The number of rotatable bonds is 3. The van der Waals surface area contributed by atoms with Gasteiger partial charge in [0.1, 0.15) is 11.5 Å². The molecule has 120 valence electrons. The molecule has 3 nitrogen and oxygen atoms in total. The summed E-state index contributed by atoms with van der Waals surface area (Å²) in [6.07, 6.45) is 1.62. The second-order valence-corrected chi connectivity index (χ2v) is 5.97. The molecular formula is C20H10Cl2N2O. The maximum Gasteiger partial charge on any atom is 0.136 e. The molecule has 0 N–H and O–H groups in total. The molecule has 0 spiro atoms. The number of furan rings is 1. The van der Waals surface area contributed by atoms with Gasteiger partial charge in [0, 0.05) is 5.56 Å². The summed E-state index contributed by atoms with van der Waals surface area (Å²) in [5.41, 5.74) is 2.27. The van der Waals surface area contributed by atoms with Crippen molar-refractivity contribution in [3.8, 4) is 23.5 Å². The molecule has 1 heterocycles. The van der Waals surface area contributed by atoms with E-state index in [1.807, 2.05) is 12.1 Å². The lowest BCUT2D eigenvalue weighted by Gasteiger charge is -2.01. The van der Waals surface area contributed by atoms with Gasteiger partial charge < -0.3 is 4.42 Å². The number of hydrogen-bond acceptors (Lipinski definition) is 3. The van der Waals surface area contributed by atoms with Gasteiger partial charge in [-0.05, 0) is 48.0 Å². The second-order valence-electron chi connectivity index (χ2n) is 5.16. The zero-order valence-electron chi connectivity index (χ0n) is 12.8. The lowest BCUT2D eigenvalue weighted by molar-refractivity contribution is 0.572. The third-order valence-corrected chi connectivity index (χ3v) is 4.32. The van der Waals surface area contributed by atoms with Gasteiger partial charge in [0.05, 0.1) is 33.3 Å². The summed E-state index contributed by atoms with van der Waals surface area (Å²) >= 11 is 11.9. The fourth-order valence-corrected chi connectivity index (χ4v) is 2.65. The van der Waals surface area contributed by atoms with Gasteiger partial charge in [-0.1, -0.05) is 41.4 Å². The van der Waals surface area contributed by atoms with Crippen LogP contribution < -0.4 is 0 Å². The van der Waals surface area contributed by atoms with Crippen LogP contribution in [-0.4, -0.2) is 0 Å². The van der Waals surface area contributed by atoms with Crippen molar-refractivity contribution in [2.75, 3.05) is 0 Å². The van der Waals surface area contributed by atoms with Crippen LogP contribution >= 0.6 is 23.2 Å². The monoisotopic (exact) mass is 364 g/mol. The van der Waals surface area contributed by atoms with Gasteiger partial charge in [0.15, 0.2) is 0 Å².